The smallest absolute Gasteiger partial charge is 0.269 e. The molecule has 2 N–H and O–H groups in total. The molecule has 1 unspecified atom stereocenters. The normalized spacial score (nSPS) is 16.7. The molecule has 3 aromatic carbocycles. The first-order chi connectivity index (χ1) is 16.8. The molecule has 1 aliphatic rings. The van der Waals surface area contributed by atoms with E-state index in [0.29, 0.717) is 17.7 Å². The Kier molecular flexibility index (Phi) is 7.64. The molecule has 0 aliphatic carbocycles. The van der Waals surface area contributed by atoms with Gasteiger partial charge in [0.15, 0.2) is 0 Å². The first-order valence-electron chi connectivity index (χ1n) is 11.3. The molecule has 35 heavy (non-hydrogen) atoms. The van der Waals surface area contributed by atoms with E-state index in [0.717, 1.165) is 40.5 Å². The summed E-state index contributed by atoms with van der Waals surface area (Å²) in [6.45, 7) is 1.22. The molecule has 0 aromatic heterocycles. The summed E-state index contributed by atoms with van der Waals surface area (Å²) in [6, 6.07) is 18.6. The lowest BCUT2D eigenvalue weighted by molar-refractivity contribution is -0.0140. The molecule has 1 atom stereocenters. The van der Waals surface area contributed by atoms with Crippen LogP contribution < -0.4 is 10.9 Å². The van der Waals surface area contributed by atoms with E-state index in [1.807, 2.05) is 20.2 Å². The maximum atomic E-state index is 13.6. The average molecular weight is 540 g/mol. The third-order valence-corrected chi connectivity index (χ3v) is 6.65. The van der Waals surface area contributed by atoms with Crippen molar-refractivity contribution < 1.29 is 18.7 Å². The second kappa shape index (κ2) is 10.7. The van der Waals surface area contributed by atoms with Gasteiger partial charge in [0.25, 0.3) is 11.8 Å². The molecular weight excluding hydrogens is 513 g/mol. The summed E-state index contributed by atoms with van der Waals surface area (Å²) in [5, 5.41) is 0. The number of carbonyl (C=O) groups is 2. The van der Waals surface area contributed by atoms with Gasteiger partial charge in [-0.15, -0.1) is 0 Å². The predicted octanol–water partition coefficient (Wildman–Crippen LogP) is 4.78. The van der Waals surface area contributed by atoms with E-state index in [2.05, 4.69) is 31.7 Å². The highest BCUT2D eigenvalue weighted by Gasteiger charge is 2.41. The highest BCUT2D eigenvalue weighted by molar-refractivity contribution is 9.10. The van der Waals surface area contributed by atoms with Gasteiger partial charge in [-0.05, 0) is 98.7 Å². The molecule has 2 amide bonds. The standard InChI is InChI=1S/C27H27BrFN3O3/c1-32(2)15-3-14-27(21-7-11-23(29)12-8-21)24-13-6-19(16-20(24)17-35-27)26(34)31-30-25(33)18-4-9-22(28)10-5-18/h4-13,16H,3,14-15,17H2,1-2H3,(H,30,33)(H,31,34). The number of benzene rings is 3. The van der Waals surface area contributed by atoms with Crippen molar-refractivity contribution >= 4 is 27.7 Å². The van der Waals surface area contributed by atoms with Crippen LogP contribution in [0.3, 0.4) is 0 Å². The van der Waals surface area contributed by atoms with Crippen molar-refractivity contribution in [2.24, 2.45) is 0 Å². The van der Waals surface area contributed by atoms with Gasteiger partial charge in [-0.1, -0.05) is 34.1 Å². The van der Waals surface area contributed by atoms with Gasteiger partial charge in [-0.2, -0.15) is 0 Å². The number of ether oxygens (including phenoxy) is 1. The van der Waals surface area contributed by atoms with Gasteiger partial charge in [-0.25, -0.2) is 4.39 Å². The lowest BCUT2D eigenvalue weighted by Gasteiger charge is -2.31. The first-order valence-corrected chi connectivity index (χ1v) is 12.1. The van der Waals surface area contributed by atoms with Gasteiger partial charge < -0.3 is 9.64 Å². The number of amides is 2. The fourth-order valence-electron chi connectivity index (χ4n) is 4.34. The quantitative estimate of drug-likeness (QED) is 0.424. The van der Waals surface area contributed by atoms with Crippen molar-refractivity contribution in [3.8, 4) is 0 Å². The molecule has 0 fully saturated rings. The van der Waals surface area contributed by atoms with Crippen LogP contribution in [0.2, 0.25) is 0 Å². The highest BCUT2D eigenvalue weighted by atomic mass is 79.9. The molecule has 4 rings (SSSR count). The Hall–Kier alpha value is -3.07. The van der Waals surface area contributed by atoms with Crippen LogP contribution >= 0.6 is 15.9 Å². The van der Waals surface area contributed by atoms with Crippen LogP contribution in [0.1, 0.15) is 50.2 Å². The average Bonchev–Trinajstić information content (AvgIpc) is 3.21. The number of carbonyl (C=O) groups excluding carboxylic acids is 2. The van der Waals surface area contributed by atoms with Gasteiger partial charge in [0.2, 0.25) is 0 Å². The van der Waals surface area contributed by atoms with Crippen molar-refractivity contribution in [1.82, 2.24) is 15.8 Å². The summed E-state index contributed by atoms with van der Waals surface area (Å²) in [7, 11) is 4.04. The molecule has 0 spiro atoms. The molecular formula is C27H27BrFN3O3. The summed E-state index contributed by atoms with van der Waals surface area (Å²) >= 11 is 3.33. The minimum atomic E-state index is -0.705. The molecule has 1 heterocycles. The van der Waals surface area contributed by atoms with Crippen LogP contribution in [0.15, 0.2) is 71.2 Å². The van der Waals surface area contributed by atoms with Gasteiger partial charge in [0.05, 0.1) is 6.61 Å². The Morgan fingerprint density at radius 2 is 1.60 bits per heavy atom. The van der Waals surface area contributed by atoms with Crippen LogP contribution in [-0.2, 0) is 16.9 Å². The largest absolute Gasteiger partial charge is 0.361 e. The number of hydrogen-bond donors (Lipinski definition) is 2. The Labute approximate surface area is 212 Å². The monoisotopic (exact) mass is 539 g/mol. The Balaban J connectivity index is 1.53. The molecule has 1 aliphatic heterocycles. The SMILES string of the molecule is CN(C)CCCC1(c2ccc(F)cc2)OCc2cc(C(=O)NNC(=O)c3ccc(Br)cc3)ccc21. The van der Waals surface area contributed by atoms with E-state index in [9.17, 15) is 14.0 Å². The fraction of sp³-hybridized carbons (Fsp3) is 0.259. The number of hydrogen-bond acceptors (Lipinski definition) is 4. The van der Waals surface area contributed by atoms with Crippen molar-refractivity contribution in [3.63, 3.8) is 0 Å². The lowest BCUT2D eigenvalue weighted by Crippen LogP contribution is -2.41. The number of nitrogens with one attached hydrogen (secondary N) is 2. The maximum absolute atomic E-state index is 13.6. The van der Waals surface area contributed by atoms with Gasteiger partial charge in [-0.3, -0.25) is 20.4 Å². The van der Waals surface area contributed by atoms with E-state index in [-0.39, 0.29) is 5.82 Å². The van der Waals surface area contributed by atoms with E-state index in [1.54, 1.807) is 48.5 Å². The van der Waals surface area contributed by atoms with E-state index >= 15 is 0 Å². The van der Waals surface area contributed by atoms with Crippen LogP contribution in [-0.4, -0.2) is 37.4 Å². The zero-order valence-electron chi connectivity index (χ0n) is 19.6. The molecule has 6 nitrogen and oxygen atoms in total. The van der Waals surface area contributed by atoms with Gasteiger partial charge in [0.1, 0.15) is 11.4 Å². The molecule has 8 heteroatoms. The predicted molar refractivity (Wildman–Crippen MR) is 135 cm³/mol. The number of fused-ring (bicyclic) bond motifs is 1. The Bertz CT molecular complexity index is 1220. The van der Waals surface area contributed by atoms with Crippen LogP contribution in [0.4, 0.5) is 4.39 Å². The summed E-state index contributed by atoms with van der Waals surface area (Å²) < 4.78 is 20.9. The van der Waals surface area contributed by atoms with Gasteiger partial charge >= 0.3 is 0 Å². The van der Waals surface area contributed by atoms with Crippen LogP contribution in [0, 0.1) is 5.82 Å². The first kappa shape index (κ1) is 25.0. The van der Waals surface area contributed by atoms with E-state index in [1.165, 1.54) is 12.1 Å². The molecule has 0 saturated carbocycles. The van der Waals surface area contributed by atoms with Gasteiger partial charge in [0, 0.05) is 15.6 Å². The molecule has 0 bridgehead atoms. The summed E-state index contributed by atoms with van der Waals surface area (Å²) in [4.78, 5) is 27.1. The number of hydrazine groups is 1. The van der Waals surface area contributed by atoms with Crippen molar-refractivity contribution in [2.45, 2.75) is 25.0 Å². The minimum Gasteiger partial charge on any atom is -0.361 e. The molecule has 0 radical (unpaired) electrons. The van der Waals surface area contributed by atoms with E-state index < -0.39 is 17.4 Å². The van der Waals surface area contributed by atoms with Crippen LogP contribution in [0.5, 0.6) is 0 Å². The van der Waals surface area contributed by atoms with E-state index in [4.69, 9.17) is 4.74 Å². The number of halogens is 2. The Morgan fingerprint density at radius 3 is 2.26 bits per heavy atom. The highest BCUT2D eigenvalue weighted by Crippen LogP contribution is 2.45. The lowest BCUT2D eigenvalue weighted by atomic mass is 9.81. The zero-order chi connectivity index (χ0) is 25.0. The third-order valence-electron chi connectivity index (χ3n) is 6.12. The Morgan fingerprint density at radius 1 is 0.971 bits per heavy atom. The summed E-state index contributed by atoms with van der Waals surface area (Å²) in [5.74, 6) is -1.13. The second-order valence-electron chi connectivity index (χ2n) is 8.82. The molecule has 0 saturated heterocycles. The topological polar surface area (TPSA) is 70.7 Å². The molecule has 3 aromatic rings. The van der Waals surface area contributed by atoms with Crippen molar-refractivity contribution in [3.05, 3.63) is 105 Å². The third kappa shape index (κ3) is 5.61. The number of rotatable bonds is 7. The summed E-state index contributed by atoms with van der Waals surface area (Å²) in [5.41, 5.74) is 7.80. The number of nitrogens with zero attached hydrogens (tertiary/aromatic N) is 1. The minimum absolute atomic E-state index is 0.299. The van der Waals surface area contributed by atoms with Crippen LogP contribution in [0.25, 0.3) is 0 Å². The second-order valence-corrected chi connectivity index (χ2v) is 9.73. The maximum Gasteiger partial charge on any atom is 0.269 e. The zero-order valence-corrected chi connectivity index (χ0v) is 21.2. The van der Waals surface area contributed by atoms with Crippen molar-refractivity contribution in [1.29, 1.82) is 0 Å². The fourth-order valence-corrected chi connectivity index (χ4v) is 4.60. The summed E-state index contributed by atoms with van der Waals surface area (Å²) in [6.07, 6.45) is 1.60. The molecule has 182 valence electrons. The van der Waals surface area contributed by atoms with Crippen molar-refractivity contribution in [2.75, 3.05) is 20.6 Å².